The molecule has 1 aromatic heterocycles. The number of hydrogen-bond acceptors (Lipinski definition) is 2. The lowest BCUT2D eigenvalue weighted by atomic mass is 10.2. The van der Waals surface area contributed by atoms with E-state index in [0.717, 1.165) is 6.20 Å². The molecule has 0 saturated heterocycles. The number of rotatable bonds is 2. The smallest absolute Gasteiger partial charge is 0.264 e. The molecule has 2 nitrogen and oxygen atoms in total. The third-order valence-electron chi connectivity index (χ3n) is 1.35. The average molecular weight is 168 g/mol. The van der Waals surface area contributed by atoms with Crippen LogP contribution in [0, 0.1) is 11.3 Å². The molecule has 62 valence electrons. The summed E-state index contributed by atoms with van der Waals surface area (Å²) in [6.07, 6.45) is 0.116. The molecular weight excluding hydrogens is 162 g/mol. The van der Waals surface area contributed by atoms with Gasteiger partial charge in [0.1, 0.15) is 0 Å². The molecule has 0 bridgehead atoms. The highest BCUT2D eigenvalue weighted by atomic mass is 19.3. The molecule has 0 aliphatic rings. The zero-order valence-electron chi connectivity index (χ0n) is 6.17. The average Bonchev–Trinajstić information content (AvgIpc) is 2.05. The summed E-state index contributed by atoms with van der Waals surface area (Å²) in [5.41, 5.74) is 0.387. The second kappa shape index (κ2) is 3.77. The summed E-state index contributed by atoms with van der Waals surface area (Å²) in [7, 11) is 0. The predicted octanol–water partition coefficient (Wildman–Crippen LogP) is 2.09. The minimum absolute atomic E-state index is 0.119. The number of nitriles is 1. The Morgan fingerprint density at radius 3 is 2.83 bits per heavy atom. The highest BCUT2D eigenvalue weighted by Crippen LogP contribution is 2.18. The molecule has 0 fully saturated rings. The van der Waals surface area contributed by atoms with Crippen molar-refractivity contribution in [3.63, 3.8) is 0 Å². The highest BCUT2D eigenvalue weighted by molar-refractivity contribution is 5.21. The van der Waals surface area contributed by atoms with Crippen LogP contribution in [0.4, 0.5) is 8.78 Å². The van der Waals surface area contributed by atoms with Crippen LogP contribution in [-0.4, -0.2) is 4.98 Å². The summed E-state index contributed by atoms with van der Waals surface area (Å²) < 4.78 is 24.1. The molecule has 1 heterocycles. The monoisotopic (exact) mass is 168 g/mol. The van der Waals surface area contributed by atoms with E-state index >= 15 is 0 Å². The summed E-state index contributed by atoms with van der Waals surface area (Å²) in [6, 6.07) is 3.16. The van der Waals surface area contributed by atoms with E-state index in [4.69, 9.17) is 5.26 Å². The second-order valence-corrected chi connectivity index (χ2v) is 2.26. The van der Waals surface area contributed by atoms with Crippen LogP contribution in [0.3, 0.4) is 0 Å². The summed E-state index contributed by atoms with van der Waals surface area (Å²) in [5.74, 6) is 0. The first-order valence-electron chi connectivity index (χ1n) is 3.33. The number of alkyl halides is 2. The van der Waals surface area contributed by atoms with Crippen LogP contribution in [0.25, 0.3) is 0 Å². The molecule has 0 aromatic carbocycles. The lowest BCUT2D eigenvalue weighted by Gasteiger charge is -1.99. The lowest BCUT2D eigenvalue weighted by molar-refractivity contribution is 0.151. The van der Waals surface area contributed by atoms with Crippen molar-refractivity contribution < 1.29 is 8.78 Å². The zero-order valence-corrected chi connectivity index (χ0v) is 6.17. The normalized spacial score (nSPS) is 9.83. The molecule has 0 atom stereocenters. The molecule has 0 aliphatic carbocycles. The van der Waals surface area contributed by atoms with Gasteiger partial charge in [0.25, 0.3) is 6.43 Å². The van der Waals surface area contributed by atoms with Gasteiger partial charge in [0.15, 0.2) is 0 Å². The minimum atomic E-state index is -2.52. The van der Waals surface area contributed by atoms with Gasteiger partial charge < -0.3 is 0 Å². The van der Waals surface area contributed by atoms with Gasteiger partial charge in [-0.2, -0.15) is 5.26 Å². The Bertz CT molecular complexity index is 304. The van der Waals surface area contributed by atoms with Crippen LogP contribution in [-0.2, 0) is 6.42 Å². The van der Waals surface area contributed by atoms with E-state index in [1.54, 1.807) is 0 Å². The number of aromatic nitrogens is 1. The van der Waals surface area contributed by atoms with E-state index in [0.29, 0.717) is 5.56 Å². The summed E-state index contributed by atoms with van der Waals surface area (Å²) in [6.45, 7) is 0. The van der Waals surface area contributed by atoms with Gasteiger partial charge in [-0.05, 0) is 11.6 Å². The summed E-state index contributed by atoms with van der Waals surface area (Å²) in [5, 5.41) is 8.28. The Hall–Kier alpha value is -1.50. The van der Waals surface area contributed by atoms with Crippen molar-refractivity contribution in [2.75, 3.05) is 0 Å². The first-order chi connectivity index (χ1) is 5.74. The third kappa shape index (κ3) is 1.99. The van der Waals surface area contributed by atoms with E-state index in [1.807, 2.05) is 6.07 Å². The van der Waals surface area contributed by atoms with Gasteiger partial charge in [-0.3, -0.25) is 4.98 Å². The van der Waals surface area contributed by atoms with E-state index in [9.17, 15) is 8.78 Å². The van der Waals surface area contributed by atoms with Crippen LogP contribution < -0.4 is 0 Å². The number of halogens is 2. The van der Waals surface area contributed by atoms with Crippen LogP contribution in [0.5, 0.6) is 0 Å². The fraction of sp³-hybridized carbons (Fsp3) is 0.250. The quantitative estimate of drug-likeness (QED) is 0.677. The van der Waals surface area contributed by atoms with Crippen molar-refractivity contribution in [2.24, 2.45) is 0 Å². The molecule has 0 aliphatic heterocycles. The molecule has 0 radical (unpaired) electrons. The SMILES string of the molecule is N#CCc1cncc(C(F)F)c1. The Balaban J connectivity index is 2.90. The van der Waals surface area contributed by atoms with Gasteiger partial charge >= 0.3 is 0 Å². The van der Waals surface area contributed by atoms with Gasteiger partial charge in [0.05, 0.1) is 12.5 Å². The molecule has 0 unspecified atom stereocenters. The summed E-state index contributed by atoms with van der Waals surface area (Å²) >= 11 is 0. The van der Waals surface area contributed by atoms with Crippen molar-refractivity contribution in [1.82, 2.24) is 4.98 Å². The summed E-state index contributed by atoms with van der Waals surface area (Å²) in [4.78, 5) is 3.59. The number of nitrogens with zero attached hydrogens (tertiary/aromatic N) is 2. The number of hydrogen-bond donors (Lipinski definition) is 0. The molecule has 4 heteroatoms. The number of pyridine rings is 1. The van der Waals surface area contributed by atoms with Gasteiger partial charge in [0, 0.05) is 18.0 Å². The first-order valence-corrected chi connectivity index (χ1v) is 3.33. The molecule has 0 saturated carbocycles. The minimum Gasteiger partial charge on any atom is -0.264 e. The van der Waals surface area contributed by atoms with Gasteiger partial charge in [-0.25, -0.2) is 8.78 Å². The predicted molar refractivity (Wildman–Crippen MR) is 38.5 cm³/mol. The Labute approximate surface area is 68.5 Å². The van der Waals surface area contributed by atoms with Crippen molar-refractivity contribution in [3.8, 4) is 6.07 Å². The topological polar surface area (TPSA) is 36.7 Å². The first kappa shape index (κ1) is 8.60. The maximum atomic E-state index is 12.1. The van der Waals surface area contributed by atoms with Crippen LogP contribution in [0.15, 0.2) is 18.5 Å². The fourth-order valence-corrected chi connectivity index (χ4v) is 0.815. The van der Waals surface area contributed by atoms with Gasteiger partial charge in [-0.15, -0.1) is 0 Å². The van der Waals surface area contributed by atoms with Gasteiger partial charge in [-0.1, -0.05) is 0 Å². The Morgan fingerprint density at radius 1 is 1.50 bits per heavy atom. The third-order valence-corrected chi connectivity index (χ3v) is 1.35. The molecule has 0 N–H and O–H groups in total. The Morgan fingerprint density at radius 2 is 2.25 bits per heavy atom. The Kier molecular flexibility index (Phi) is 2.70. The van der Waals surface area contributed by atoms with E-state index in [-0.39, 0.29) is 12.0 Å². The largest absolute Gasteiger partial charge is 0.265 e. The molecule has 0 spiro atoms. The van der Waals surface area contributed by atoms with E-state index in [2.05, 4.69) is 4.98 Å². The maximum Gasteiger partial charge on any atom is 0.265 e. The van der Waals surface area contributed by atoms with E-state index in [1.165, 1.54) is 12.3 Å². The van der Waals surface area contributed by atoms with Crippen molar-refractivity contribution in [1.29, 1.82) is 5.26 Å². The molecule has 0 amide bonds. The standard InChI is InChI=1S/C8H6F2N2/c9-8(10)7-3-6(1-2-11)4-12-5-7/h3-5,8H,1H2. The van der Waals surface area contributed by atoms with Crippen molar-refractivity contribution in [2.45, 2.75) is 12.8 Å². The van der Waals surface area contributed by atoms with Crippen LogP contribution >= 0.6 is 0 Å². The molecule has 1 aromatic rings. The van der Waals surface area contributed by atoms with Gasteiger partial charge in [0.2, 0.25) is 0 Å². The molecule has 1 rings (SSSR count). The van der Waals surface area contributed by atoms with Crippen LogP contribution in [0.2, 0.25) is 0 Å². The maximum absolute atomic E-state index is 12.1. The van der Waals surface area contributed by atoms with Crippen molar-refractivity contribution in [3.05, 3.63) is 29.6 Å². The van der Waals surface area contributed by atoms with Crippen LogP contribution in [0.1, 0.15) is 17.6 Å². The lowest BCUT2D eigenvalue weighted by Crippen LogP contribution is -1.90. The second-order valence-electron chi connectivity index (χ2n) is 2.26. The molecule has 12 heavy (non-hydrogen) atoms. The highest BCUT2D eigenvalue weighted by Gasteiger charge is 2.07. The van der Waals surface area contributed by atoms with Crippen molar-refractivity contribution >= 4 is 0 Å². The zero-order chi connectivity index (χ0) is 8.97. The fourth-order valence-electron chi connectivity index (χ4n) is 0.815. The molecular formula is C8H6F2N2. The van der Waals surface area contributed by atoms with E-state index < -0.39 is 6.43 Å².